The zero-order chi connectivity index (χ0) is 12.7. The van der Waals surface area contributed by atoms with Gasteiger partial charge in [-0.05, 0) is 12.1 Å². The molecule has 0 heterocycles. The molecule has 1 aromatic carbocycles. The molecule has 7 nitrogen and oxygen atoms in total. The predicted octanol–water partition coefficient (Wildman–Crippen LogP) is 0.167. The van der Waals surface area contributed by atoms with Crippen molar-refractivity contribution in [3.8, 4) is 5.75 Å². The molecule has 0 aliphatic heterocycles. The fraction of sp³-hybridized carbons (Fsp3) is 0.222. The van der Waals surface area contributed by atoms with Crippen molar-refractivity contribution >= 4 is 16.3 Å². The Labute approximate surface area is 98.6 Å². The largest absolute Gasteiger partial charge is 0.492 e. The minimum Gasteiger partial charge on any atom is -0.492 e. The van der Waals surface area contributed by atoms with Gasteiger partial charge in [0, 0.05) is 6.54 Å². The zero-order valence-electron chi connectivity index (χ0n) is 8.79. The zero-order valence-corrected chi connectivity index (χ0v) is 9.61. The summed E-state index contributed by atoms with van der Waals surface area (Å²) in [7, 11) is -4.01. The topological polar surface area (TPSA) is 105 Å². The first kappa shape index (κ1) is 13.3. The van der Waals surface area contributed by atoms with E-state index in [2.05, 4.69) is 0 Å². The molecule has 0 aliphatic carbocycles. The Hall–Kier alpha value is -1.80. The lowest BCUT2D eigenvalue weighted by Crippen LogP contribution is -2.41. The van der Waals surface area contributed by atoms with E-state index in [0.29, 0.717) is 5.75 Å². The maximum absolute atomic E-state index is 11.0. The summed E-state index contributed by atoms with van der Waals surface area (Å²) in [6.45, 7) is 0.0715. The molecule has 1 rings (SSSR count). The van der Waals surface area contributed by atoms with Crippen LogP contribution in [-0.4, -0.2) is 32.8 Å². The minimum atomic E-state index is -4.01. The van der Waals surface area contributed by atoms with Gasteiger partial charge in [0.15, 0.2) is 0 Å². The van der Waals surface area contributed by atoms with Crippen molar-refractivity contribution in [2.24, 2.45) is 0 Å². The van der Waals surface area contributed by atoms with Crippen LogP contribution in [0.3, 0.4) is 0 Å². The highest BCUT2D eigenvalue weighted by molar-refractivity contribution is 7.88. The van der Waals surface area contributed by atoms with E-state index in [0.717, 1.165) is 0 Å². The number of amides is 1. The van der Waals surface area contributed by atoms with E-state index in [1.165, 1.54) is 4.72 Å². The van der Waals surface area contributed by atoms with Gasteiger partial charge in [-0.3, -0.25) is 0 Å². The third kappa shape index (κ3) is 5.73. The highest BCUT2D eigenvalue weighted by atomic mass is 32.2. The van der Waals surface area contributed by atoms with Crippen LogP contribution in [-0.2, 0) is 10.2 Å². The molecule has 0 unspecified atom stereocenters. The van der Waals surface area contributed by atoms with Crippen molar-refractivity contribution in [1.82, 2.24) is 9.44 Å². The Balaban J connectivity index is 2.27. The van der Waals surface area contributed by atoms with Crippen LogP contribution in [0, 0.1) is 0 Å². The molecule has 0 aromatic heterocycles. The molecule has 0 aliphatic rings. The van der Waals surface area contributed by atoms with Crippen molar-refractivity contribution in [2.45, 2.75) is 0 Å². The van der Waals surface area contributed by atoms with E-state index in [1.54, 1.807) is 24.3 Å². The van der Waals surface area contributed by atoms with E-state index in [9.17, 15) is 13.2 Å². The van der Waals surface area contributed by atoms with Gasteiger partial charge in [0.05, 0.1) is 0 Å². The van der Waals surface area contributed by atoms with E-state index in [-0.39, 0.29) is 13.2 Å². The summed E-state index contributed by atoms with van der Waals surface area (Å²) in [6, 6.07) is 8.84. The van der Waals surface area contributed by atoms with Crippen LogP contribution < -0.4 is 14.2 Å². The molecule has 0 atom stereocenters. The summed E-state index contributed by atoms with van der Waals surface area (Å²) in [5, 5.41) is 8.22. The van der Waals surface area contributed by atoms with Crippen molar-refractivity contribution in [2.75, 3.05) is 13.2 Å². The second-order valence-electron chi connectivity index (χ2n) is 2.97. The van der Waals surface area contributed by atoms with E-state index in [4.69, 9.17) is 9.84 Å². The minimum absolute atomic E-state index is 0.0303. The van der Waals surface area contributed by atoms with Gasteiger partial charge < -0.3 is 9.84 Å². The molecule has 17 heavy (non-hydrogen) atoms. The number of carboxylic acid groups (broad SMARTS) is 1. The lowest BCUT2D eigenvalue weighted by Gasteiger charge is -2.07. The molecule has 0 saturated carbocycles. The molecule has 3 N–H and O–H groups in total. The normalized spacial score (nSPS) is 10.8. The summed E-state index contributed by atoms with van der Waals surface area (Å²) in [6.07, 6.45) is -1.64. The fourth-order valence-electron chi connectivity index (χ4n) is 1.01. The molecular formula is C9H12N2O5S. The monoisotopic (exact) mass is 260 g/mol. The number of hydrogen-bond acceptors (Lipinski definition) is 4. The van der Waals surface area contributed by atoms with Crippen LogP contribution in [0.2, 0.25) is 0 Å². The van der Waals surface area contributed by atoms with Gasteiger partial charge in [-0.1, -0.05) is 18.2 Å². The Kier molecular flexibility index (Phi) is 4.73. The third-order valence-electron chi connectivity index (χ3n) is 1.63. The van der Waals surface area contributed by atoms with Gasteiger partial charge in [0.2, 0.25) is 0 Å². The van der Waals surface area contributed by atoms with Crippen LogP contribution in [0.5, 0.6) is 5.75 Å². The summed E-state index contributed by atoms with van der Waals surface area (Å²) < 4.78 is 30.5. The lowest BCUT2D eigenvalue weighted by atomic mass is 10.3. The Morgan fingerprint density at radius 3 is 2.53 bits per heavy atom. The average Bonchev–Trinajstić information content (AvgIpc) is 2.24. The molecule has 0 spiro atoms. The maximum Gasteiger partial charge on any atom is 0.419 e. The standard InChI is InChI=1S/C9H12N2O5S/c12-9(13)11-17(14,15)10-6-7-16-8-4-2-1-3-5-8/h1-5,10-11H,6-7H2,(H,12,13). The van der Waals surface area contributed by atoms with Gasteiger partial charge in [-0.2, -0.15) is 13.1 Å². The first-order valence-electron chi connectivity index (χ1n) is 4.68. The number of rotatable bonds is 6. The van der Waals surface area contributed by atoms with Crippen LogP contribution >= 0.6 is 0 Å². The van der Waals surface area contributed by atoms with E-state index >= 15 is 0 Å². The predicted molar refractivity (Wildman–Crippen MR) is 60.0 cm³/mol. The molecule has 0 radical (unpaired) electrons. The van der Waals surface area contributed by atoms with Gasteiger partial charge in [-0.25, -0.2) is 9.52 Å². The summed E-state index contributed by atoms with van der Waals surface area (Å²) in [5.41, 5.74) is 0. The van der Waals surface area contributed by atoms with Gasteiger partial charge in [0.25, 0.3) is 0 Å². The van der Waals surface area contributed by atoms with Crippen molar-refractivity contribution in [3.05, 3.63) is 30.3 Å². The third-order valence-corrected chi connectivity index (χ3v) is 2.66. The molecule has 0 fully saturated rings. The summed E-state index contributed by atoms with van der Waals surface area (Å²) in [4.78, 5) is 10.1. The van der Waals surface area contributed by atoms with Gasteiger partial charge >= 0.3 is 16.3 Å². The van der Waals surface area contributed by atoms with Crippen LogP contribution in [0.25, 0.3) is 0 Å². The average molecular weight is 260 g/mol. The molecule has 0 bridgehead atoms. The van der Waals surface area contributed by atoms with Crippen LogP contribution in [0.1, 0.15) is 0 Å². The highest BCUT2D eigenvalue weighted by Crippen LogP contribution is 2.07. The SMILES string of the molecule is O=C(O)NS(=O)(=O)NCCOc1ccccc1. The maximum atomic E-state index is 11.0. The first-order chi connectivity index (χ1) is 7.99. The molecule has 94 valence electrons. The fourth-order valence-corrected chi connectivity index (χ4v) is 1.67. The van der Waals surface area contributed by atoms with Crippen molar-refractivity contribution in [1.29, 1.82) is 0 Å². The smallest absolute Gasteiger partial charge is 0.419 e. The molecule has 0 saturated heterocycles. The number of benzene rings is 1. The van der Waals surface area contributed by atoms with Crippen molar-refractivity contribution in [3.63, 3.8) is 0 Å². The Morgan fingerprint density at radius 2 is 1.94 bits per heavy atom. The van der Waals surface area contributed by atoms with E-state index < -0.39 is 16.3 Å². The number of carbonyl (C=O) groups is 1. The molecule has 1 aromatic rings. The summed E-state index contributed by atoms with van der Waals surface area (Å²) >= 11 is 0. The van der Waals surface area contributed by atoms with E-state index in [1.807, 2.05) is 10.8 Å². The Bertz CT molecular complexity index is 460. The van der Waals surface area contributed by atoms with Crippen LogP contribution in [0.15, 0.2) is 30.3 Å². The Morgan fingerprint density at radius 1 is 1.29 bits per heavy atom. The lowest BCUT2D eigenvalue weighted by molar-refractivity contribution is 0.201. The number of ether oxygens (including phenoxy) is 1. The quantitative estimate of drug-likeness (QED) is 0.632. The number of nitrogens with one attached hydrogen (secondary N) is 2. The van der Waals surface area contributed by atoms with Crippen molar-refractivity contribution < 1.29 is 23.1 Å². The second kappa shape index (κ2) is 6.06. The molecular weight excluding hydrogens is 248 g/mol. The van der Waals surface area contributed by atoms with Crippen LogP contribution in [0.4, 0.5) is 4.79 Å². The number of para-hydroxylation sites is 1. The van der Waals surface area contributed by atoms with Gasteiger partial charge in [0.1, 0.15) is 12.4 Å². The number of hydrogen-bond donors (Lipinski definition) is 3. The molecule has 8 heteroatoms. The molecule has 1 amide bonds. The second-order valence-corrected chi connectivity index (χ2v) is 4.47. The highest BCUT2D eigenvalue weighted by Gasteiger charge is 2.11. The first-order valence-corrected chi connectivity index (χ1v) is 6.16. The van der Waals surface area contributed by atoms with Gasteiger partial charge in [-0.15, -0.1) is 0 Å². The summed E-state index contributed by atoms with van der Waals surface area (Å²) in [5.74, 6) is 0.609.